The molecule has 1 aliphatic heterocycles. The van der Waals surface area contributed by atoms with Gasteiger partial charge in [0.15, 0.2) is 11.5 Å². The minimum Gasteiger partial charge on any atom is -0.487 e. The molecule has 0 saturated carbocycles. The van der Waals surface area contributed by atoms with Gasteiger partial charge in [-0.25, -0.2) is 0 Å². The fourth-order valence-electron chi connectivity index (χ4n) is 3.88. The zero-order valence-electron chi connectivity index (χ0n) is 13.5. The maximum absolute atomic E-state index is 12.5. The van der Waals surface area contributed by atoms with Crippen molar-refractivity contribution < 1.29 is 9.53 Å². The first kappa shape index (κ1) is 16.6. The number of nitrogens with zero attached hydrogens (tertiary/aromatic N) is 3. The van der Waals surface area contributed by atoms with Crippen molar-refractivity contribution in [1.29, 1.82) is 15.8 Å². The molecule has 25 heavy (non-hydrogen) atoms. The summed E-state index contributed by atoms with van der Waals surface area (Å²) in [6.45, 7) is 0. The topological polar surface area (TPSA) is 124 Å². The molecule has 0 aromatic heterocycles. The summed E-state index contributed by atoms with van der Waals surface area (Å²) in [6, 6.07) is 14.5. The van der Waals surface area contributed by atoms with E-state index in [9.17, 15) is 20.6 Å². The van der Waals surface area contributed by atoms with Crippen LogP contribution in [0.1, 0.15) is 37.4 Å². The van der Waals surface area contributed by atoms with Crippen molar-refractivity contribution in [1.82, 2.24) is 0 Å². The number of allylic oxidation sites excluding steroid dienone is 1. The molecule has 2 aliphatic rings. The molecule has 124 valence electrons. The summed E-state index contributed by atoms with van der Waals surface area (Å²) in [5, 5.41) is 29.9. The third-order valence-corrected chi connectivity index (χ3v) is 5.11. The first-order chi connectivity index (χ1) is 12.1. The monoisotopic (exact) mass is 332 g/mol. The van der Waals surface area contributed by atoms with E-state index in [2.05, 4.69) is 0 Å². The van der Waals surface area contributed by atoms with E-state index in [0.29, 0.717) is 29.7 Å². The first-order valence-corrected chi connectivity index (χ1v) is 8.05. The Hall–Kier alpha value is -3.30. The molecular weight excluding hydrogens is 316 g/mol. The highest BCUT2D eigenvalue weighted by Gasteiger charge is 2.68. The third kappa shape index (κ3) is 2.03. The molecule has 0 bridgehead atoms. The van der Waals surface area contributed by atoms with Gasteiger partial charge in [-0.05, 0) is 30.4 Å². The number of hydrogen-bond donors (Lipinski definition) is 1. The van der Waals surface area contributed by atoms with Crippen LogP contribution in [0.2, 0.25) is 0 Å². The second-order valence-electron chi connectivity index (χ2n) is 6.28. The Balaban J connectivity index is 2.37. The quantitative estimate of drug-likeness (QED) is 0.891. The fourth-order valence-corrected chi connectivity index (χ4v) is 3.88. The summed E-state index contributed by atoms with van der Waals surface area (Å²) in [5.74, 6) is -0.460. The van der Waals surface area contributed by atoms with Gasteiger partial charge in [0.1, 0.15) is 0 Å². The molecule has 6 heteroatoms. The summed E-state index contributed by atoms with van der Waals surface area (Å²) in [5.41, 5.74) is 2.51. The van der Waals surface area contributed by atoms with Crippen LogP contribution >= 0.6 is 0 Å². The number of nitrogens with two attached hydrogens (primary N) is 1. The smallest absolute Gasteiger partial charge is 0.245 e. The molecule has 2 unspecified atom stereocenters. The zero-order valence-corrected chi connectivity index (χ0v) is 13.5. The number of amides is 1. The van der Waals surface area contributed by atoms with E-state index < -0.39 is 22.8 Å². The summed E-state index contributed by atoms with van der Waals surface area (Å²) in [4.78, 5) is 12.5. The van der Waals surface area contributed by atoms with Crippen molar-refractivity contribution in [2.75, 3.05) is 0 Å². The van der Waals surface area contributed by atoms with Gasteiger partial charge in [-0.2, -0.15) is 15.8 Å². The Morgan fingerprint density at radius 1 is 1.08 bits per heavy atom. The Labute approximate surface area is 145 Å². The van der Waals surface area contributed by atoms with Crippen LogP contribution in [0.25, 0.3) is 0 Å². The van der Waals surface area contributed by atoms with E-state index in [1.165, 1.54) is 0 Å². The molecule has 1 heterocycles. The molecule has 0 spiro atoms. The Morgan fingerprint density at radius 2 is 1.72 bits per heavy atom. The van der Waals surface area contributed by atoms with E-state index in [1.54, 1.807) is 30.3 Å². The number of primary amides is 1. The van der Waals surface area contributed by atoms with Crippen molar-refractivity contribution in [2.24, 2.45) is 16.6 Å². The first-order valence-electron chi connectivity index (χ1n) is 8.05. The molecule has 1 aromatic rings. The Kier molecular flexibility index (Phi) is 3.95. The lowest BCUT2D eigenvalue weighted by Gasteiger charge is -2.47. The highest BCUT2D eigenvalue weighted by atomic mass is 16.5. The van der Waals surface area contributed by atoms with Crippen LogP contribution in [-0.2, 0) is 9.53 Å². The second kappa shape index (κ2) is 5.96. The number of rotatable bonds is 2. The van der Waals surface area contributed by atoms with E-state index in [0.717, 1.165) is 12.8 Å². The largest absolute Gasteiger partial charge is 0.487 e. The minimum absolute atomic E-state index is 0.393. The average molecular weight is 332 g/mol. The maximum Gasteiger partial charge on any atom is 0.245 e. The molecular formula is C19H16N4O2. The van der Waals surface area contributed by atoms with Gasteiger partial charge in [-0.1, -0.05) is 30.3 Å². The van der Waals surface area contributed by atoms with Crippen LogP contribution < -0.4 is 5.73 Å². The van der Waals surface area contributed by atoms with Crippen LogP contribution in [0.15, 0.2) is 41.7 Å². The second-order valence-corrected chi connectivity index (χ2v) is 6.28. The Morgan fingerprint density at radius 3 is 2.28 bits per heavy atom. The number of carbonyl (C=O) groups excluding carboxylic acids is 1. The van der Waals surface area contributed by atoms with Crippen LogP contribution in [0.5, 0.6) is 0 Å². The zero-order chi connectivity index (χ0) is 18.1. The number of nitriles is 3. The van der Waals surface area contributed by atoms with Crippen LogP contribution in [0.4, 0.5) is 0 Å². The SMILES string of the molecule is N#CC1(C(N)=O)C2=C(CCCC2)OC(c2ccccc2)C1(C#N)C#N. The van der Waals surface area contributed by atoms with Gasteiger partial charge in [0.25, 0.3) is 0 Å². The van der Waals surface area contributed by atoms with Gasteiger partial charge in [0.05, 0.1) is 24.0 Å². The molecule has 1 amide bonds. The lowest BCUT2D eigenvalue weighted by atomic mass is 9.54. The summed E-state index contributed by atoms with van der Waals surface area (Å²) >= 11 is 0. The van der Waals surface area contributed by atoms with Gasteiger partial charge in [0.2, 0.25) is 11.3 Å². The lowest BCUT2D eigenvalue weighted by Crippen LogP contribution is -2.56. The lowest BCUT2D eigenvalue weighted by molar-refractivity contribution is -0.132. The van der Waals surface area contributed by atoms with Crippen molar-refractivity contribution in [3.8, 4) is 18.2 Å². The van der Waals surface area contributed by atoms with Crippen molar-refractivity contribution in [3.63, 3.8) is 0 Å². The van der Waals surface area contributed by atoms with Crippen LogP contribution in [-0.4, -0.2) is 5.91 Å². The normalized spacial score (nSPS) is 27.0. The highest BCUT2D eigenvalue weighted by Crippen LogP contribution is 2.60. The number of hydrogen-bond acceptors (Lipinski definition) is 5. The maximum atomic E-state index is 12.5. The average Bonchev–Trinajstić information content (AvgIpc) is 2.66. The summed E-state index contributed by atoms with van der Waals surface area (Å²) in [7, 11) is 0. The van der Waals surface area contributed by atoms with E-state index in [1.807, 2.05) is 18.2 Å². The fraction of sp³-hybridized carbons (Fsp3) is 0.368. The van der Waals surface area contributed by atoms with Gasteiger partial charge in [-0.15, -0.1) is 0 Å². The molecule has 2 atom stereocenters. The van der Waals surface area contributed by atoms with Crippen molar-refractivity contribution in [2.45, 2.75) is 31.8 Å². The van der Waals surface area contributed by atoms with Crippen LogP contribution in [0, 0.1) is 44.8 Å². The number of ether oxygens (including phenoxy) is 1. The predicted molar refractivity (Wildman–Crippen MR) is 86.7 cm³/mol. The molecule has 6 nitrogen and oxygen atoms in total. The molecule has 3 rings (SSSR count). The van der Waals surface area contributed by atoms with E-state index in [-0.39, 0.29) is 0 Å². The standard InChI is InChI=1S/C19H16N4O2/c20-10-18(11-21)16(13-6-2-1-3-7-13)25-15-9-5-4-8-14(15)19(18,12-22)17(23)24/h1-3,6-7,16H,4-5,8-9H2,(H2,23,24). The molecule has 2 N–H and O–H groups in total. The molecule has 0 radical (unpaired) electrons. The Bertz CT molecular complexity index is 855. The summed E-state index contributed by atoms with van der Waals surface area (Å²) < 4.78 is 6.06. The minimum atomic E-state index is -2.05. The van der Waals surface area contributed by atoms with Crippen molar-refractivity contribution in [3.05, 3.63) is 47.2 Å². The molecule has 0 saturated heterocycles. The van der Waals surface area contributed by atoms with E-state index >= 15 is 0 Å². The number of carbonyl (C=O) groups is 1. The van der Waals surface area contributed by atoms with Gasteiger partial charge < -0.3 is 10.5 Å². The molecule has 1 aliphatic carbocycles. The van der Waals surface area contributed by atoms with Gasteiger partial charge >= 0.3 is 0 Å². The number of benzene rings is 1. The third-order valence-electron chi connectivity index (χ3n) is 5.11. The molecule has 1 aromatic carbocycles. The summed E-state index contributed by atoms with van der Waals surface area (Å²) in [6.07, 6.45) is 1.52. The van der Waals surface area contributed by atoms with Crippen LogP contribution in [0.3, 0.4) is 0 Å². The van der Waals surface area contributed by atoms with E-state index in [4.69, 9.17) is 10.5 Å². The molecule has 0 fully saturated rings. The van der Waals surface area contributed by atoms with Gasteiger partial charge in [-0.3, -0.25) is 4.79 Å². The van der Waals surface area contributed by atoms with Crippen molar-refractivity contribution >= 4 is 5.91 Å². The highest BCUT2D eigenvalue weighted by molar-refractivity contribution is 5.90. The predicted octanol–water partition coefficient (Wildman–Crippen LogP) is 2.61. The van der Waals surface area contributed by atoms with Gasteiger partial charge in [0, 0.05) is 6.42 Å².